The monoisotopic (exact) mass is 422 g/mol. The number of alkyl halides is 3. The number of aromatic nitrogens is 1. The second-order valence-corrected chi connectivity index (χ2v) is 7.22. The van der Waals surface area contributed by atoms with Gasteiger partial charge in [-0.15, -0.1) is 0 Å². The van der Waals surface area contributed by atoms with Gasteiger partial charge in [0.2, 0.25) is 12.7 Å². The van der Waals surface area contributed by atoms with Crippen LogP contribution in [0.2, 0.25) is 0 Å². The Labute approximate surface area is 171 Å². The van der Waals surface area contributed by atoms with E-state index in [0.29, 0.717) is 55.5 Å². The van der Waals surface area contributed by atoms with Crippen LogP contribution in [-0.2, 0) is 17.5 Å². The molecule has 1 fully saturated rings. The third-order valence-electron chi connectivity index (χ3n) is 5.01. The quantitative estimate of drug-likeness (QED) is 0.799. The Hall–Kier alpha value is -2.85. The Morgan fingerprint density at radius 1 is 1.03 bits per heavy atom. The lowest BCUT2D eigenvalue weighted by Crippen LogP contribution is -2.48. The number of hydrogen-bond acceptors (Lipinski definition) is 6. The number of piperazine rings is 1. The van der Waals surface area contributed by atoms with Crippen molar-refractivity contribution in [2.75, 3.05) is 44.8 Å². The van der Waals surface area contributed by atoms with Gasteiger partial charge in [0.15, 0.2) is 11.5 Å². The molecule has 160 valence electrons. The number of carbonyl (C=O) groups excluding carboxylic acids is 1. The molecule has 0 spiro atoms. The van der Waals surface area contributed by atoms with Gasteiger partial charge < -0.3 is 14.8 Å². The number of ether oxygens (including phenoxy) is 2. The lowest BCUT2D eigenvalue weighted by atomic mass is 10.2. The first-order valence-electron chi connectivity index (χ1n) is 9.53. The Balaban J connectivity index is 1.24. The highest BCUT2D eigenvalue weighted by Crippen LogP contribution is 2.34. The molecule has 1 saturated heterocycles. The number of rotatable bonds is 5. The molecule has 2 aliphatic rings. The van der Waals surface area contributed by atoms with Gasteiger partial charge in [-0.25, -0.2) is 0 Å². The molecule has 1 aromatic carbocycles. The van der Waals surface area contributed by atoms with E-state index in [1.54, 1.807) is 24.3 Å². The van der Waals surface area contributed by atoms with Gasteiger partial charge in [-0.1, -0.05) is 0 Å². The minimum atomic E-state index is -4.44. The summed E-state index contributed by atoms with van der Waals surface area (Å²) in [7, 11) is 0. The van der Waals surface area contributed by atoms with E-state index < -0.39 is 11.9 Å². The van der Waals surface area contributed by atoms with Gasteiger partial charge in [-0.3, -0.25) is 19.6 Å². The minimum absolute atomic E-state index is 0.133. The molecule has 1 aromatic heterocycles. The highest BCUT2D eigenvalue weighted by Gasteiger charge is 2.32. The molecule has 1 N–H and O–H groups in total. The van der Waals surface area contributed by atoms with Crippen molar-refractivity contribution >= 4 is 11.6 Å². The zero-order valence-corrected chi connectivity index (χ0v) is 16.1. The number of halogens is 3. The number of nitrogens with one attached hydrogen (secondary N) is 1. The number of pyridine rings is 1. The molecule has 10 heteroatoms. The molecular weight excluding hydrogens is 401 g/mol. The van der Waals surface area contributed by atoms with E-state index in [-0.39, 0.29) is 19.2 Å². The predicted molar refractivity (Wildman–Crippen MR) is 102 cm³/mol. The molecule has 7 nitrogen and oxygen atoms in total. The molecule has 2 aliphatic heterocycles. The maximum Gasteiger partial charge on any atom is 0.433 e. The Morgan fingerprint density at radius 2 is 1.77 bits per heavy atom. The average molecular weight is 422 g/mol. The van der Waals surface area contributed by atoms with E-state index >= 15 is 0 Å². The third kappa shape index (κ3) is 5.00. The Bertz CT molecular complexity index is 914. The van der Waals surface area contributed by atoms with Crippen LogP contribution in [-0.4, -0.2) is 60.2 Å². The number of carbonyl (C=O) groups is 1. The van der Waals surface area contributed by atoms with Gasteiger partial charge in [0, 0.05) is 50.7 Å². The summed E-state index contributed by atoms with van der Waals surface area (Å²) in [5.41, 5.74) is 0.339. The van der Waals surface area contributed by atoms with Crippen molar-refractivity contribution in [1.29, 1.82) is 0 Å². The van der Waals surface area contributed by atoms with Crippen LogP contribution in [0.4, 0.5) is 18.9 Å². The van der Waals surface area contributed by atoms with E-state index in [0.717, 1.165) is 6.07 Å². The number of amides is 1. The van der Waals surface area contributed by atoms with Gasteiger partial charge in [-0.05, 0) is 29.8 Å². The zero-order chi connectivity index (χ0) is 21.1. The fourth-order valence-electron chi connectivity index (χ4n) is 3.47. The van der Waals surface area contributed by atoms with Crippen LogP contribution in [0.25, 0.3) is 0 Å². The van der Waals surface area contributed by atoms with Gasteiger partial charge >= 0.3 is 6.18 Å². The molecule has 0 saturated carbocycles. The van der Waals surface area contributed by atoms with Crippen molar-refractivity contribution < 1.29 is 27.4 Å². The number of benzene rings is 1. The summed E-state index contributed by atoms with van der Waals surface area (Å²) < 4.78 is 49.0. The van der Waals surface area contributed by atoms with Gasteiger partial charge in [-0.2, -0.15) is 13.2 Å². The summed E-state index contributed by atoms with van der Waals surface area (Å²) in [4.78, 5) is 19.8. The van der Waals surface area contributed by atoms with Crippen LogP contribution in [0.1, 0.15) is 11.3 Å². The highest BCUT2D eigenvalue weighted by molar-refractivity contribution is 5.92. The summed E-state index contributed by atoms with van der Waals surface area (Å²) in [6.07, 6.45) is -3.26. The van der Waals surface area contributed by atoms with Crippen molar-refractivity contribution in [1.82, 2.24) is 14.8 Å². The van der Waals surface area contributed by atoms with Crippen LogP contribution in [0.15, 0.2) is 36.5 Å². The van der Waals surface area contributed by atoms with Crippen LogP contribution in [0.5, 0.6) is 11.5 Å². The van der Waals surface area contributed by atoms with Crippen LogP contribution < -0.4 is 14.8 Å². The van der Waals surface area contributed by atoms with Gasteiger partial charge in [0.05, 0.1) is 6.54 Å². The third-order valence-corrected chi connectivity index (χ3v) is 5.01. The lowest BCUT2D eigenvalue weighted by Gasteiger charge is -2.34. The molecule has 2 aromatic rings. The number of nitrogens with zero attached hydrogens (tertiary/aromatic N) is 3. The zero-order valence-electron chi connectivity index (χ0n) is 16.1. The first-order chi connectivity index (χ1) is 14.4. The standard InChI is InChI=1S/C20H21F3N4O3/c21-20(22,23)18-9-14(3-4-24-18)11-26-5-7-27(8-6-26)12-19(28)25-15-1-2-16-17(10-15)30-13-29-16/h1-4,9-10H,5-8,11-13H2,(H,25,28). The smallest absolute Gasteiger partial charge is 0.433 e. The fourth-order valence-corrected chi connectivity index (χ4v) is 3.47. The van der Waals surface area contributed by atoms with Gasteiger partial charge in [0.25, 0.3) is 0 Å². The number of anilines is 1. The Morgan fingerprint density at radius 3 is 2.53 bits per heavy atom. The summed E-state index contributed by atoms with van der Waals surface area (Å²) in [5.74, 6) is 1.12. The second-order valence-electron chi connectivity index (χ2n) is 7.22. The normalized spacial score (nSPS) is 17.2. The predicted octanol–water partition coefficient (Wildman–Crippen LogP) is 2.59. The first-order valence-corrected chi connectivity index (χ1v) is 9.53. The summed E-state index contributed by atoms with van der Waals surface area (Å²) in [5, 5.41) is 2.85. The maximum absolute atomic E-state index is 12.8. The fraction of sp³-hybridized carbons (Fsp3) is 0.400. The second kappa shape index (κ2) is 8.49. The largest absolute Gasteiger partial charge is 0.454 e. The van der Waals surface area contributed by atoms with E-state index in [2.05, 4.69) is 15.2 Å². The summed E-state index contributed by atoms with van der Waals surface area (Å²) in [6.45, 7) is 3.49. The summed E-state index contributed by atoms with van der Waals surface area (Å²) in [6, 6.07) is 7.92. The molecular formula is C20H21F3N4O3. The topological polar surface area (TPSA) is 66.9 Å². The molecule has 3 heterocycles. The van der Waals surface area contributed by atoms with Crippen LogP contribution >= 0.6 is 0 Å². The van der Waals surface area contributed by atoms with E-state index in [1.165, 1.54) is 6.20 Å². The summed E-state index contributed by atoms with van der Waals surface area (Å²) >= 11 is 0. The van der Waals surface area contributed by atoms with Crippen LogP contribution in [0.3, 0.4) is 0 Å². The SMILES string of the molecule is O=C(CN1CCN(Cc2ccnc(C(F)(F)F)c2)CC1)Nc1ccc2c(c1)OCO2. The van der Waals surface area contributed by atoms with Crippen molar-refractivity contribution in [3.8, 4) is 11.5 Å². The lowest BCUT2D eigenvalue weighted by molar-refractivity contribution is -0.141. The molecule has 1 amide bonds. The van der Waals surface area contributed by atoms with E-state index in [4.69, 9.17) is 9.47 Å². The average Bonchev–Trinajstić information content (AvgIpc) is 3.17. The van der Waals surface area contributed by atoms with E-state index in [1.807, 2.05) is 4.90 Å². The van der Waals surface area contributed by atoms with Crippen molar-refractivity contribution in [3.63, 3.8) is 0 Å². The molecule has 0 unspecified atom stereocenters. The maximum atomic E-state index is 12.8. The number of fused-ring (bicyclic) bond motifs is 1. The Kier molecular flexibility index (Phi) is 5.78. The van der Waals surface area contributed by atoms with Gasteiger partial charge in [0.1, 0.15) is 5.69 Å². The molecule has 0 aliphatic carbocycles. The number of hydrogen-bond donors (Lipinski definition) is 1. The van der Waals surface area contributed by atoms with Crippen molar-refractivity contribution in [2.24, 2.45) is 0 Å². The van der Waals surface area contributed by atoms with Crippen LogP contribution in [0, 0.1) is 0 Å². The molecule has 30 heavy (non-hydrogen) atoms. The first kappa shape index (κ1) is 20.4. The van der Waals surface area contributed by atoms with E-state index in [9.17, 15) is 18.0 Å². The molecule has 0 atom stereocenters. The highest BCUT2D eigenvalue weighted by atomic mass is 19.4. The van der Waals surface area contributed by atoms with Crippen molar-refractivity contribution in [3.05, 3.63) is 47.8 Å². The molecule has 4 rings (SSSR count). The minimum Gasteiger partial charge on any atom is -0.454 e. The molecule has 0 bridgehead atoms. The molecule has 0 radical (unpaired) electrons. The van der Waals surface area contributed by atoms with Crippen molar-refractivity contribution in [2.45, 2.75) is 12.7 Å².